The second-order valence-corrected chi connectivity index (χ2v) is 8.12. The molecule has 0 saturated carbocycles. The van der Waals surface area contributed by atoms with Crippen LogP contribution in [0.5, 0.6) is 0 Å². The van der Waals surface area contributed by atoms with Crippen LogP contribution in [0.1, 0.15) is 49.4 Å². The van der Waals surface area contributed by atoms with Crippen molar-refractivity contribution in [2.24, 2.45) is 5.92 Å². The van der Waals surface area contributed by atoms with Gasteiger partial charge in [0.05, 0.1) is 0 Å². The largest absolute Gasteiger partial charge is 0.372 e. The van der Waals surface area contributed by atoms with Crippen LogP contribution in [0.3, 0.4) is 0 Å². The highest BCUT2D eigenvalue weighted by atomic mass is 16.2. The molecule has 0 bridgehead atoms. The fourth-order valence-corrected chi connectivity index (χ4v) is 4.08. The van der Waals surface area contributed by atoms with Crippen molar-refractivity contribution in [2.75, 3.05) is 36.4 Å². The van der Waals surface area contributed by atoms with Crippen molar-refractivity contribution in [3.05, 3.63) is 48.2 Å². The van der Waals surface area contributed by atoms with E-state index < -0.39 is 0 Å². The number of aromatic nitrogens is 1. The average Bonchev–Trinajstić information content (AvgIpc) is 2.75. The first-order chi connectivity index (χ1) is 13.7. The van der Waals surface area contributed by atoms with E-state index in [4.69, 9.17) is 0 Å². The first-order valence-electron chi connectivity index (χ1n) is 10.6. The number of nitrogens with zero attached hydrogens (tertiary/aromatic N) is 3. The second kappa shape index (κ2) is 8.63. The number of pyridine rings is 1. The van der Waals surface area contributed by atoms with E-state index in [-0.39, 0.29) is 5.91 Å². The lowest BCUT2D eigenvalue weighted by Gasteiger charge is -2.30. The van der Waals surface area contributed by atoms with E-state index in [1.54, 1.807) is 6.20 Å². The fourth-order valence-electron chi connectivity index (χ4n) is 4.08. The molecule has 1 N–H and O–H groups in total. The maximum atomic E-state index is 12.8. The highest BCUT2D eigenvalue weighted by Gasteiger charge is 2.21. The van der Waals surface area contributed by atoms with Crippen LogP contribution in [0.15, 0.2) is 42.6 Å². The Morgan fingerprint density at radius 1 is 1.00 bits per heavy atom. The van der Waals surface area contributed by atoms with Gasteiger partial charge in [0.15, 0.2) is 0 Å². The number of hydrogen-bond acceptors (Lipinski definition) is 4. The molecule has 2 aromatic rings. The lowest BCUT2D eigenvalue weighted by Crippen LogP contribution is -2.37. The van der Waals surface area contributed by atoms with Gasteiger partial charge < -0.3 is 15.1 Å². The van der Waals surface area contributed by atoms with Crippen LogP contribution in [-0.2, 0) is 0 Å². The van der Waals surface area contributed by atoms with E-state index in [0.717, 1.165) is 44.7 Å². The molecular weight excluding hydrogens is 348 g/mol. The highest BCUT2D eigenvalue weighted by Crippen LogP contribution is 2.24. The van der Waals surface area contributed by atoms with E-state index in [1.807, 2.05) is 17.0 Å². The number of piperidine rings is 2. The van der Waals surface area contributed by atoms with Crippen molar-refractivity contribution in [2.45, 2.75) is 39.0 Å². The SMILES string of the molecule is CC1CCN(C(=O)c2ccnc(Nc3ccc(N4CCCCC4)cc3)c2)CC1. The number of amides is 1. The standard InChI is InChI=1S/C23H30N4O/c1-18-10-15-27(16-11-18)23(28)19-9-12-24-22(17-19)25-20-5-7-21(8-6-20)26-13-3-2-4-14-26/h5-9,12,17-18H,2-4,10-11,13-16H2,1H3,(H,24,25). The molecule has 1 aromatic carbocycles. The molecule has 0 spiro atoms. The summed E-state index contributed by atoms with van der Waals surface area (Å²) in [6.45, 7) is 6.25. The van der Waals surface area contributed by atoms with Gasteiger partial charge >= 0.3 is 0 Å². The van der Waals surface area contributed by atoms with E-state index in [1.165, 1.54) is 24.9 Å². The van der Waals surface area contributed by atoms with Crippen LogP contribution in [0.2, 0.25) is 0 Å². The molecule has 5 heteroatoms. The molecule has 2 fully saturated rings. The molecule has 2 aliphatic heterocycles. The predicted molar refractivity (Wildman–Crippen MR) is 114 cm³/mol. The van der Waals surface area contributed by atoms with Crippen molar-refractivity contribution in [1.82, 2.24) is 9.88 Å². The summed E-state index contributed by atoms with van der Waals surface area (Å²) in [5, 5.41) is 3.34. The number of likely N-dealkylation sites (tertiary alicyclic amines) is 1. The first kappa shape index (κ1) is 18.8. The van der Waals surface area contributed by atoms with E-state index in [9.17, 15) is 4.79 Å². The zero-order valence-electron chi connectivity index (χ0n) is 16.7. The number of carbonyl (C=O) groups is 1. The summed E-state index contributed by atoms with van der Waals surface area (Å²) in [5.41, 5.74) is 2.98. The summed E-state index contributed by atoms with van der Waals surface area (Å²) in [6.07, 6.45) is 7.79. The topological polar surface area (TPSA) is 48.5 Å². The molecule has 1 aromatic heterocycles. The van der Waals surface area contributed by atoms with Crippen LogP contribution >= 0.6 is 0 Å². The van der Waals surface area contributed by atoms with Gasteiger partial charge in [-0.25, -0.2) is 4.98 Å². The molecule has 148 valence electrons. The number of anilines is 3. The van der Waals surface area contributed by atoms with Gasteiger partial charge in [-0.1, -0.05) is 6.92 Å². The minimum Gasteiger partial charge on any atom is -0.372 e. The van der Waals surface area contributed by atoms with Crippen molar-refractivity contribution in [3.8, 4) is 0 Å². The van der Waals surface area contributed by atoms with Gasteiger partial charge in [-0.3, -0.25) is 4.79 Å². The monoisotopic (exact) mass is 378 g/mol. The number of nitrogens with one attached hydrogen (secondary N) is 1. The van der Waals surface area contributed by atoms with Crippen LogP contribution < -0.4 is 10.2 Å². The van der Waals surface area contributed by atoms with E-state index in [2.05, 4.69) is 46.4 Å². The smallest absolute Gasteiger partial charge is 0.254 e. The number of carbonyl (C=O) groups excluding carboxylic acids is 1. The molecule has 0 aliphatic carbocycles. The van der Waals surface area contributed by atoms with Gasteiger partial charge in [-0.15, -0.1) is 0 Å². The number of benzene rings is 1. The Balaban J connectivity index is 1.41. The summed E-state index contributed by atoms with van der Waals surface area (Å²) >= 11 is 0. The molecule has 1 amide bonds. The van der Waals surface area contributed by atoms with E-state index >= 15 is 0 Å². The molecule has 0 atom stereocenters. The van der Waals surface area contributed by atoms with Crippen LogP contribution in [0, 0.1) is 5.92 Å². The molecule has 28 heavy (non-hydrogen) atoms. The molecule has 2 aliphatic rings. The van der Waals surface area contributed by atoms with Crippen molar-refractivity contribution >= 4 is 23.1 Å². The first-order valence-corrected chi connectivity index (χ1v) is 10.6. The average molecular weight is 379 g/mol. The van der Waals surface area contributed by atoms with Crippen LogP contribution in [0.4, 0.5) is 17.2 Å². The Hall–Kier alpha value is -2.56. The van der Waals surface area contributed by atoms with Crippen molar-refractivity contribution in [1.29, 1.82) is 0 Å². The summed E-state index contributed by atoms with van der Waals surface area (Å²) in [4.78, 5) is 21.6. The molecule has 3 heterocycles. The summed E-state index contributed by atoms with van der Waals surface area (Å²) < 4.78 is 0. The summed E-state index contributed by atoms with van der Waals surface area (Å²) in [6, 6.07) is 12.2. The quantitative estimate of drug-likeness (QED) is 0.839. The Bertz CT molecular complexity index is 791. The molecule has 0 unspecified atom stereocenters. The van der Waals surface area contributed by atoms with Crippen LogP contribution in [0.25, 0.3) is 0 Å². The van der Waals surface area contributed by atoms with Crippen molar-refractivity contribution < 1.29 is 4.79 Å². The lowest BCUT2D eigenvalue weighted by atomic mass is 9.99. The third kappa shape index (κ3) is 4.46. The fraction of sp³-hybridized carbons (Fsp3) is 0.478. The Morgan fingerprint density at radius 2 is 1.71 bits per heavy atom. The van der Waals surface area contributed by atoms with Gasteiger partial charge in [0, 0.05) is 49.3 Å². The lowest BCUT2D eigenvalue weighted by molar-refractivity contribution is 0.0697. The molecule has 5 nitrogen and oxygen atoms in total. The number of rotatable bonds is 4. The summed E-state index contributed by atoms with van der Waals surface area (Å²) in [7, 11) is 0. The van der Waals surface area contributed by atoms with Gasteiger partial charge in [0.2, 0.25) is 0 Å². The zero-order valence-corrected chi connectivity index (χ0v) is 16.7. The Labute approximate surface area is 167 Å². The van der Waals surface area contributed by atoms with E-state index in [0.29, 0.717) is 17.3 Å². The maximum absolute atomic E-state index is 12.8. The van der Waals surface area contributed by atoms with Gasteiger partial charge in [0.1, 0.15) is 5.82 Å². The van der Waals surface area contributed by atoms with Crippen molar-refractivity contribution in [3.63, 3.8) is 0 Å². The molecule has 0 radical (unpaired) electrons. The minimum absolute atomic E-state index is 0.109. The van der Waals surface area contributed by atoms with Gasteiger partial charge in [0.25, 0.3) is 5.91 Å². The third-order valence-corrected chi connectivity index (χ3v) is 5.94. The summed E-state index contributed by atoms with van der Waals surface area (Å²) in [5.74, 6) is 1.53. The van der Waals surface area contributed by atoms with Crippen LogP contribution in [-0.4, -0.2) is 42.0 Å². The second-order valence-electron chi connectivity index (χ2n) is 8.12. The molecule has 2 saturated heterocycles. The minimum atomic E-state index is 0.109. The van der Waals surface area contributed by atoms with Gasteiger partial charge in [-0.05, 0) is 74.4 Å². The molecule has 4 rings (SSSR count). The van der Waals surface area contributed by atoms with Gasteiger partial charge in [-0.2, -0.15) is 0 Å². The normalized spacial score (nSPS) is 18.2. The maximum Gasteiger partial charge on any atom is 0.254 e. The predicted octanol–water partition coefficient (Wildman–Crippen LogP) is 4.69. The Kier molecular flexibility index (Phi) is 5.79. The zero-order chi connectivity index (χ0) is 19.3. The highest BCUT2D eigenvalue weighted by molar-refractivity contribution is 5.95. The molecular formula is C23H30N4O. The Morgan fingerprint density at radius 3 is 2.43 bits per heavy atom. The third-order valence-electron chi connectivity index (χ3n) is 5.94. The number of hydrogen-bond donors (Lipinski definition) is 1.